The number of hydrogen-bond acceptors (Lipinski definition) is 1. The van der Waals surface area contributed by atoms with Crippen LogP contribution in [0.4, 0.5) is 0 Å². The van der Waals surface area contributed by atoms with Crippen LogP contribution in [0.25, 0.3) is 0 Å². The summed E-state index contributed by atoms with van der Waals surface area (Å²) in [5.74, 6) is 0.706. The Balaban J connectivity index is 2.71. The van der Waals surface area contributed by atoms with Crippen LogP contribution < -0.4 is 5.32 Å². The quantitative estimate of drug-likeness (QED) is 0.653. The van der Waals surface area contributed by atoms with Gasteiger partial charge in [0, 0.05) is 6.04 Å². The summed E-state index contributed by atoms with van der Waals surface area (Å²) in [6.07, 6.45) is 8.41. The highest BCUT2D eigenvalue weighted by atomic mass is 14.9. The van der Waals surface area contributed by atoms with Gasteiger partial charge in [0.1, 0.15) is 0 Å². The highest BCUT2D eigenvalue weighted by molar-refractivity contribution is 5.27. The molecule has 2 unspecified atom stereocenters. The molecule has 1 nitrogen and oxygen atoms in total. The van der Waals surface area contributed by atoms with Gasteiger partial charge in [0.2, 0.25) is 0 Å². The second-order valence-electron chi connectivity index (χ2n) is 3.66. The molecule has 1 aliphatic rings. The maximum atomic E-state index is 3.83. The summed E-state index contributed by atoms with van der Waals surface area (Å²) >= 11 is 0. The summed E-state index contributed by atoms with van der Waals surface area (Å²) in [4.78, 5) is 0. The molecule has 0 aromatic heterocycles. The predicted octanol–water partition coefficient (Wildman–Crippen LogP) is 2.67. The van der Waals surface area contributed by atoms with E-state index in [2.05, 4.69) is 25.4 Å². The van der Waals surface area contributed by atoms with Crippen LogP contribution >= 0.6 is 0 Å². The number of hydrogen-bond donors (Lipinski definition) is 1. The maximum absolute atomic E-state index is 3.83. The summed E-state index contributed by atoms with van der Waals surface area (Å²) in [5.41, 5.74) is 1.27. The Bertz CT molecular complexity index is 215. The number of piperidine rings is 1. The molecule has 0 amide bonds. The molecule has 0 bridgehead atoms. The number of allylic oxidation sites excluding steroid dienone is 2. The van der Waals surface area contributed by atoms with Crippen molar-refractivity contribution in [3.63, 3.8) is 0 Å². The summed E-state index contributed by atoms with van der Waals surface area (Å²) in [6, 6.07) is 0.476. The van der Waals surface area contributed by atoms with Gasteiger partial charge in [-0.2, -0.15) is 0 Å². The van der Waals surface area contributed by atoms with Gasteiger partial charge in [-0.25, -0.2) is 0 Å². The molecule has 1 fully saturated rings. The van der Waals surface area contributed by atoms with Crippen molar-refractivity contribution in [1.29, 1.82) is 0 Å². The van der Waals surface area contributed by atoms with Crippen LogP contribution in [-0.2, 0) is 0 Å². The first kappa shape index (κ1) is 10.3. The summed E-state index contributed by atoms with van der Waals surface area (Å²) in [5, 5.41) is 3.52. The molecular formula is C12H19N. The van der Waals surface area contributed by atoms with Gasteiger partial charge in [-0.1, -0.05) is 38.3 Å². The van der Waals surface area contributed by atoms with E-state index >= 15 is 0 Å². The second kappa shape index (κ2) is 5.03. The molecule has 1 N–H and O–H groups in total. The van der Waals surface area contributed by atoms with Crippen LogP contribution in [-0.4, -0.2) is 12.6 Å². The van der Waals surface area contributed by atoms with Crippen molar-refractivity contribution in [2.75, 3.05) is 6.54 Å². The van der Waals surface area contributed by atoms with Crippen molar-refractivity contribution in [1.82, 2.24) is 5.32 Å². The van der Waals surface area contributed by atoms with Crippen LogP contribution in [0.1, 0.15) is 19.8 Å². The van der Waals surface area contributed by atoms with Gasteiger partial charge in [-0.3, -0.25) is 0 Å². The van der Waals surface area contributed by atoms with Crippen LogP contribution in [0.3, 0.4) is 0 Å². The topological polar surface area (TPSA) is 12.0 Å². The predicted molar refractivity (Wildman–Crippen MR) is 58.7 cm³/mol. The molecule has 0 aromatic carbocycles. The number of rotatable bonds is 3. The Morgan fingerprint density at radius 1 is 1.46 bits per heavy atom. The molecule has 13 heavy (non-hydrogen) atoms. The Labute approximate surface area is 81.2 Å². The van der Waals surface area contributed by atoms with Crippen molar-refractivity contribution in [3.8, 4) is 0 Å². The summed E-state index contributed by atoms with van der Waals surface area (Å²) in [6.45, 7) is 11.0. The van der Waals surface area contributed by atoms with Crippen LogP contribution in [0.2, 0.25) is 0 Å². The molecule has 0 aliphatic carbocycles. The van der Waals surface area contributed by atoms with E-state index in [0.717, 1.165) is 6.54 Å². The molecule has 2 atom stereocenters. The lowest BCUT2D eigenvalue weighted by Crippen LogP contribution is -2.41. The number of nitrogens with one attached hydrogen (secondary N) is 1. The van der Waals surface area contributed by atoms with Crippen LogP contribution in [0.5, 0.6) is 0 Å². The standard InChI is InChI=1S/C12H19N/c1-4-7-11(5-2)12-10(3)8-6-9-13-12/h4-5,7,10,12-13H,1-2,6,8-9H2,3H3/b11-7+. The third-order valence-electron chi connectivity index (χ3n) is 2.67. The first-order valence-electron chi connectivity index (χ1n) is 4.98. The van der Waals surface area contributed by atoms with E-state index in [1.54, 1.807) is 0 Å². The molecule has 0 radical (unpaired) electrons. The largest absolute Gasteiger partial charge is 0.310 e. The van der Waals surface area contributed by atoms with E-state index in [1.165, 1.54) is 18.4 Å². The molecule has 1 rings (SSSR count). The van der Waals surface area contributed by atoms with E-state index in [4.69, 9.17) is 0 Å². The minimum Gasteiger partial charge on any atom is -0.310 e. The highest BCUT2D eigenvalue weighted by Crippen LogP contribution is 2.21. The Morgan fingerprint density at radius 3 is 2.77 bits per heavy atom. The lowest BCUT2D eigenvalue weighted by atomic mass is 9.87. The van der Waals surface area contributed by atoms with E-state index in [1.807, 2.05) is 18.2 Å². The van der Waals surface area contributed by atoms with E-state index in [0.29, 0.717) is 12.0 Å². The fourth-order valence-corrected chi connectivity index (χ4v) is 1.93. The normalized spacial score (nSPS) is 29.8. The van der Waals surface area contributed by atoms with Gasteiger partial charge in [0.25, 0.3) is 0 Å². The minimum atomic E-state index is 0.476. The smallest absolute Gasteiger partial charge is 0.0345 e. The molecule has 0 saturated carbocycles. The van der Waals surface area contributed by atoms with Gasteiger partial charge in [0.05, 0.1) is 0 Å². The van der Waals surface area contributed by atoms with Crippen molar-refractivity contribution in [2.24, 2.45) is 5.92 Å². The van der Waals surface area contributed by atoms with Gasteiger partial charge in [-0.15, -0.1) is 0 Å². The maximum Gasteiger partial charge on any atom is 0.0345 e. The zero-order valence-electron chi connectivity index (χ0n) is 8.42. The average molecular weight is 177 g/mol. The van der Waals surface area contributed by atoms with Crippen molar-refractivity contribution < 1.29 is 0 Å². The summed E-state index contributed by atoms with van der Waals surface area (Å²) in [7, 11) is 0. The lowest BCUT2D eigenvalue weighted by Gasteiger charge is -2.31. The van der Waals surface area contributed by atoms with Gasteiger partial charge < -0.3 is 5.32 Å². The van der Waals surface area contributed by atoms with Crippen molar-refractivity contribution >= 4 is 0 Å². The zero-order chi connectivity index (χ0) is 9.68. The van der Waals surface area contributed by atoms with Crippen LogP contribution in [0, 0.1) is 5.92 Å². The minimum absolute atomic E-state index is 0.476. The monoisotopic (exact) mass is 177 g/mol. The molecule has 1 heterocycles. The third-order valence-corrected chi connectivity index (χ3v) is 2.67. The zero-order valence-corrected chi connectivity index (χ0v) is 8.42. The van der Waals surface area contributed by atoms with E-state index in [9.17, 15) is 0 Å². The van der Waals surface area contributed by atoms with Crippen molar-refractivity contribution in [3.05, 3.63) is 37.0 Å². The second-order valence-corrected chi connectivity index (χ2v) is 3.66. The fraction of sp³-hybridized carbons (Fsp3) is 0.500. The van der Waals surface area contributed by atoms with E-state index in [-0.39, 0.29) is 0 Å². The Hall–Kier alpha value is -0.820. The molecule has 1 aliphatic heterocycles. The molecule has 0 spiro atoms. The fourth-order valence-electron chi connectivity index (χ4n) is 1.93. The molecule has 72 valence electrons. The summed E-state index contributed by atoms with van der Waals surface area (Å²) < 4.78 is 0. The van der Waals surface area contributed by atoms with Gasteiger partial charge >= 0.3 is 0 Å². The first-order valence-corrected chi connectivity index (χ1v) is 4.98. The SMILES string of the molecule is C=C/C=C(\C=C)C1NCCCC1C. The van der Waals surface area contributed by atoms with Gasteiger partial charge in [-0.05, 0) is 30.9 Å². The molecule has 1 saturated heterocycles. The molecule has 1 heteroatoms. The van der Waals surface area contributed by atoms with Crippen LogP contribution in [0.15, 0.2) is 37.0 Å². The average Bonchev–Trinajstić information content (AvgIpc) is 2.16. The lowest BCUT2D eigenvalue weighted by molar-refractivity contribution is 0.336. The Kier molecular flexibility index (Phi) is 3.97. The van der Waals surface area contributed by atoms with Gasteiger partial charge in [0.15, 0.2) is 0 Å². The Morgan fingerprint density at radius 2 is 2.23 bits per heavy atom. The molecule has 0 aromatic rings. The highest BCUT2D eigenvalue weighted by Gasteiger charge is 2.21. The third kappa shape index (κ3) is 2.56. The van der Waals surface area contributed by atoms with E-state index < -0.39 is 0 Å². The van der Waals surface area contributed by atoms with Crippen molar-refractivity contribution in [2.45, 2.75) is 25.8 Å². The first-order chi connectivity index (χ1) is 6.29. The molecular weight excluding hydrogens is 158 g/mol.